The Morgan fingerprint density at radius 3 is 2.36 bits per heavy atom. The molecule has 0 bridgehead atoms. The lowest BCUT2D eigenvalue weighted by Crippen LogP contribution is -2.55. The topological polar surface area (TPSA) is 70.1 Å². The van der Waals surface area contributed by atoms with Crippen LogP contribution in [0.2, 0.25) is 0 Å². The maximum atomic E-state index is 14.0. The van der Waals surface area contributed by atoms with E-state index in [9.17, 15) is 14.7 Å². The average Bonchev–Trinajstić information content (AvgIpc) is 2.85. The van der Waals surface area contributed by atoms with Crippen molar-refractivity contribution < 1.29 is 19.4 Å². The highest BCUT2D eigenvalue weighted by molar-refractivity contribution is 5.94. The quantitative estimate of drug-likeness (QED) is 0.645. The Hall–Kier alpha value is -2.60. The third kappa shape index (κ3) is 5.16. The van der Waals surface area contributed by atoms with Crippen LogP contribution >= 0.6 is 0 Å². The average molecular weight is 453 g/mol. The molecule has 1 N–H and O–H groups in total. The van der Waals surface area contributed by atoms with Crippen molar-refractivity contribution in [2.24, 2.45) is 0 Å². The molecule has 2 amide bonds. The van der Waals surface area contributed by atoms with E-state index >= 15 is 0 Å². The lowest BCUT2D eigenvalue weighted by atomic mass is 9.71. The van der Waals surface area contributed by atoms with E-state index in [1.54, 1.807) is 4.90 Å². The minimum absolute atomic E-state index is 0.0326. The number of unbranched alkanes of at least 4 members (excludes halogenated alkanes) is 1. The van der Waals surface area contributed by atoms with Crippen molar-refractivity contribution in [3.63, 3.8) is 0 Å². The summed E-state index contributed by atoms with van der Waals surface area (Å²) in [6.45, 7) is 4.32. The zero-order valence-electron chi connectivity index (χ0n) is 19.7. The van der Waals surface area contributed by atoms with E-state index in [1.807, 2.05) is 47.4 Å². The van der Waals surface area contributed by atoms with E-state index in [4.69, 9.17) is 4.74 Å². The molecule has 1 unspecified atom stereocenters. The Morgan fingerprint density at radius 2 is 1.64 bits per heavy atom. The number of nitrogens with zero attached hydrogens (tertiary/aromatic N) is 2. The van der Waals surface area contributed by atoms with Crippen LogP contribution in [0.5, 0.6) is 0 Å². The van der Waals surface area contributed by atoms with Crippen molar-refractivity contribution >= 4 is 22.8 Å². The van der Waals surface area contributed by atoms with Crippen molar-refractivity contribution in [2.75, 3.05) is 32.8 Å². The Labute approximate surface area is 196 Å². The van der Waals surface area contributed by atoms with Gasteiger partial charge in [0.1, 0.15) is 0 Å². The first-order chi connectivity index (χ1) is 16.0. The van der Waals surface area contributed by atoms with Gasteiger partial charge in [-0.05, 0) is 35.6 Å². The number of carbonyl (C=O) groups is 2. The fourth-order valence-corrected chi connectivity index (χ4v) is 5.29. The van der Waals surface area contributed by atoms with Crippen LogP contribution in [0.3, 0.4) is 0 Å². The summed E-state index contributed by atoms with van der Waals surface area (Å²) in [6.07, 6.45) is 5.77. The van der Waals surface area contributed by atoms with Gasteiger partial charge in [-0.3, -0.25) is 4.79 Å². The highest BCUT2D eigenvalue weighted by atomic mass is 16.6. The van der Waals surface area contributed by atoms with Gasteiger partial charge >= 0.3 is 6.09 Å². The van der Waals surface area contributed by atoms with Gasteiger partial charge in [0.15, 0.2) is 0 Å². The molecule has 1 heterocycles. The van der Waals surface area contributed by atoms with E-state index in [-0.39, 0.29) is 12.0 Å². The molecule has 178 valence electrons. The molecule has 0 spiro atoms. The number of hydrogen-bond acceptors (Lipinski definition) is 4. The monoisotopic (exact) mass is 452 g/mol. The Balaban J connectivity index is 1.56. The summed E-state index contributed by atoms with van der Waals surface area (Å²) in [5.74, 6) is -0.637. The lowest BCUT2D eigenvalue weighted by molar-refractivity contribution is -0.143. The molecule has 1 saturated carbocycles. The molecular formula is C27H36N2O4. The van der Waals surface area contributed by atoms with Gasteiger partial charge in [0.05, 0.1) is 18.1 Å². The second-order valence-electron chi connectivity index (χ2n) is 9.45. The third-order valence-corrected chi connectivity index (χ3v) is 7.21. The highest BCUT2D eigenvalue weighted by Crippen LogP contribution is 2.43. The first-order valence-electron chi connectivity index (χ1n) is 12.4. The number of ether oxygens (including phenoxy) is 1. The van der Waals surface area contributed by atoms with E-state index in [0.717, 1.165) is 48.4 Å². The summed E-state index contributed by atoms with van der Waals surface area (Å²) in [7, 11) is 0. The number of carbonyl (C=O) groups excluding carboxylic acids is 2. The molecule has 6 nitrogen and oxygen atoms in total. The zero-order chi connectivity index (χ0) is 23.3. The van der Waals surface area contributed by atoms with E-state index in [1.165, 1.54) is 0 Å². The fourth-order valence-electron chi connectivity index (χ4n) is 5.29. The van der Waals surface area contributed by atoms with Gasteiger partial charge in [-0.25, -0.2) is 4.79 Å². The molecule has 2 aliphatic rings. The van der Waals surface area contributed by atoms with Crippen LogP contribution in [0.15, 0.2) is 42.5 Å². The van der Waals surface area contributed by atoms with Crippen LogP contribution in [0.4, 0.5) is 4.79 Å². The van der Waals surface area contributed by atoms with Crippen molar-refractivity contribution in [1.82, 2.24) is 9.80 Å². The number of fused-ring (bicyclic) bond motifs is 1. The predicted molar refractivity (Wildman–Crippen MR) is 129 cm³/mol. The number of aliphatic hydroxyl groups is 1. The first-order valence-corrected chi connectivity index (χ1v) is 12.4. The number of amides is 2. The first kappa shape index (κ1) is 23.6. The second-order valence-corrected chi connectivity index (χ2v) is 9.45. The van der Waals surface area contributed by atoms with Gasteiger partial charge < -0.3 is 19.6 Å². The minimum Gasteiger partial charge on any atom is -0.449 e. The molecule has 1 atom stereocenters. The van der Waals surface area contributed by atoms with Crippen LogP contribution < -0.4 is 0 Å². The molecule has 6 heteroatoms. The van der Waals surface area contributed by atoms with Gasteiger partial charge in [0.2, 0.25) is 5.91 Å². The molecule has 2 aromatic rings. The Morgan fingerprint density at radius 1 is 0.970 bits per heavy atom. The maximum absolute atomic E-state index is 14.0. The summed E-state index contributed by atoms with van der Waals surface area (Å²) >= 11 is 0. The van der Waals surface area contributed by atoms with Crippen LogP contribution in [0.1, 0.15) is 63.4 Å². The van der Waals surface area contributed by atoms with Crippen molar-refractivity contribution in [2.45, 2.75) is 63.4 Å². The molecule has 33 heavy (non-hydrogen) atoms. The molecule has 0 radical (unpaired) electrons. The van der Waals surface area contributed by atoms with E-state index in [2.05, 4.69) is 6.92 Å². The van der Waals surface area contributed by atoms with Gasteiger partial charge in [0.25, 0.3) is 0 Å². The molecule has 2 aromatic carbocycles. The standard InChI is InChI=1S/C27H36N2O4/c1-2-3-20-33-26(31)29-18-16-28(17-19-29)25(30)24(27(32)14-7-4-8-15-27)23-13-9-11-21-10-5-6-12-22(21)23/h5-6,9-13,24,32H,2-4,7-8,14-20H2,1H3. The Bertz CT molecular complexity index is 956. The largest absolute Gasteiger partial charge is 0.449 e. The van der Waals surface area contributed by atoms with Crippen LogP contribution in [-0.2, 0) is 9.53 Å². The van der Waals surface area contributed by atoms with E-state index < -0.39 is 11.5 Å². The van der Waals surface area contributed by atoms with Gasteiger partial charge in [-0.15, -0.1) is 0 Å². The van der Waals surface area contributed by atoms with Crippen LogP contribution in [0, 0.1) is 0 Å². The summed E-state index contributed by atoms with van der Waals surface area (Å²) in [6, 6.07) is 14.1. The van der Waals surface area contributed by atoms with E-state index in [0.29, 0.717) is 45.6 Å². The van der Waals surface area contributed by atoms with Crippen molar-refractivity contribution in [3.05, 3.63) is 48.0 Å². The fraction of sp³-hybridized carbons (Fsp3) is 0.556. The molecule has 0 aromatic heterocycles. The summed E-state index contributed by atoms with van der Waals surface area (Å²) < 4.78 is 5.34. The van der Waals surface area contributed by atoms with Crippen LogP contribution in [0.25, 0.3) is 10.8 Å². The highest BCUT2D eigenvalue weighted by Gasteiger charge is 2.45. The smallest absolute Gasteiger partial charge is 0.409 e. The SMILES string of the molecule is CCCCOC(=O)N1CCN(C(=O)C(c2cccc3ccccc23)C2(O)CCCCC2)CC1. The summed E-state index contributed by atoms with van der Waals surface area (Å²) in [5.41, 5.74) is -0.140. The Kier molecular flexibility index (Phi) is 7.53. The normalized spacial score (nSPS) is 19.3. The van der Waals surface area contributed by atoms with Gasteiger partial charge in [-0.1, -0.05) is 75.1 Å². The van der Waals surface area contributed by atoms with Gasteiger partial charge in [-0.2, -0.15) is 0 Å². The van der Waals surface area contributed by atoms with Crippen molar-refractivity contribution in [1.29, 1.82) is 0 Å². The predicted octanol–water partition coefficient (Wildman–Crippen LogP) is 4.70. The third-order valence-electron chi connectivity index (χ3n) is 7.21. The second kappa shape index (κ2) is 10.6. The van der Waals surface area contributed by atoms with Crippen molar-refractivity contribution in [3.8, 4) is 0 Å². The molecule has 2 fully saturated rings. The number of hydrogen-bond donors (Lipinski definition) is 1. The maximum Gasteiger partial charge on any atom is 0.409 e. The number of benzene rings is 2. The molecule has 1 saturated heterocycles. The molecule has 1 aliphatic carbocycles. The number of rotatable bonds is 6. The summed E-state index contributed by atoms with van der Waals surface area (Å²) in [4.78, 5) is 29.8. The molecular weight excluding hydrogens is 416 g/mol. The van der Waals surface area contributed by atoms with Crippen LogP contribution in [-0.4, -0.2) is 65.3 Å². The zero-order valence-corrected chi connectivity index (χ0v) is 19.7. The molecule has 4 rings (SSSR count). The minimum atomic E-state index is -1.05. The summed E-state index contributed by atoms with van der Waals surface area (Å²) in [5, 5.41) is 13.9. The number of piperazine rings is 1. The van der Waals surface area contributed by atoms with Gasteiger partial charge in [0, 0.05) is 26.2 Å². The lowest BCUT2D eigenvalue weighted by Gasteiger charge is -2.43. The molecule has 1 aliphatic heterocycles.